The first-order chi connectivity index (χ1) is 10.1. The Morgan fingerprint density at radius 1 is 1.19 bits per heavy atom. The molecule has 0 bridgehead atoms. The van der Waals surface area contributed by atoms with Gasteiger partial charge in [0.1, 0.15) is 0 Å². The Hall–Kier alpha value is -0.100. The van der Waals surface area contributed by atoms with Gasteiger partial charge in [0.05, 0.1) is 5.56 Å². The summed E-state index contributed by atoms with van der Waals surface area (Å²) in [5, 5.41) is 0. The van der Waals surface area contributed by atoms with Crippen molar-refractivity contribution in [2.24, 2.45) is 5.92 Å². The van der Waals surface area contributed by atoms with E-state index < -0.39 is 0 Å². The molecule has 21 heavy (non-hydrogen) atoms. The van der Waals surface area contributed by atoms with Crippen molar-refractivity contribution >= 4 is 44.4 Å². The summed E-state index contributed by atoms with van der Waals surface area (Å²) in [6.45, 7) is 0.960. The Morgan fingerprint density at radius 2 is 1.90 bits per heavy atom. The molecule has 2 aliphatic carbocycles. The molecule has 1 amide bonds. The lowest BCUT2D eigenvalue weighted by atomic mass is 9.89. The van der Waals surface area contributed by atoms with Crippen LogP contribution >= 0.6 is 38.5 Å². The van der Waals surface area contributed by atoms with Gasteiger partial charge in [0.15, 0.2) is 0 Å². The van der Waals surface area contributed by atoms with Crippen LogP contribution in [0.1, 0.15) is 55.3 Å². The number of nitrogens with zero attached hydrogens (tertiary/aromatic N) is 1. The van der Waals surface area contributed by atoms with Gasteiger partial charge in [-0.1, -0.05) is 19.3 Å². The maximum atomic E-state index is 13.0. The molecule has 0 N–H and O–H groups in total. The average molecular weight is 462 g/mol. The van der Waals surface area contributed by atoms with Crippen LogP contribution in [0.15, 0.2) is 22.7 Å². The topological polar surface area (TPSA) is 20.3 Å². The molecule has 2 nitrogen and oxygen atoms in total. The number of halogens is 2. The Morgan fingerprint density at radius 3 is 2.57 bits per heavy atom. The van der Waals surface area contributed by atoms with E-state index in [4.69, 9.17) is 0 Å². The van der Waals surface area contributed by atoms with Gasteiger partial charge in [-0.2, -0.15) is 0 Å². The van der Waals surface area contributed by atoms with Crippen molar-refractivity contribution in [3.63, 3.8) is 0 Å². The number of hydrogen-bond donors (Lipinski definition) is 0. The Labute approximate surface area is 148 Å². The summed E-state index contributed by atoms with van der Waals surface area (Å²) in [5.74, 6) is 0.929. The molecule has 1 aromatic carbocycles. The molecule has 2 aliphatic rings. The summed E-state index contributed by atoms with van der Waals surface area (Å²) >= 11 is 5.82. The van der Waals surface area contributed by atoms with Gasteiger partial charge in [0.25, 0.3) is 5.91 Å². The highest BCUT2D eigenvalue weighted by Crippen LogP contribution is 2.33. The van der Waals surface area contributed by atoms with Crippen molar-refractivity contribution in [2.45, 2.75) is 51.0 Å². The first kappa shape index (κ1) is 15.8. The second-order valence-electron chi connectivity index (χ2n) is 6.32. The third-order valence-electron chi connectivity index (χ3n) is 4.59. The van der Waals surface area contributed by atoms with E-state index in [0.29, 0.717) is 12.0 Å². The first-order valence-corrected chi connectivity index (χ1v) is 9.78. The average Bonchev–Trinajstić information content (AvgIpc) is 3.32. The molecule has 3 rings (SSSR count). The summed E-state index contributed by atoms with van der Waals surface area (Å²) in [5.41, 5.74) is 0.824. The lowest BCUT2D eigenvalue weighted by molar-refractivity contribution is 0.0698. The number of benzene rings is 1. The number of amides is 1. The third kappa shape index (κ3) is 4.01. The highest BCUT2D eigenvalue weighted by atomic mass is 127. The monoisotopic (exact) mass is 461 g/mol. The van der Waals surface area contributed by atoms with E-state index >= 15 is 0 Å². The molecular formula is C17H21BrINO. The van der Waals surface area contributed by atoms with E-state index in [9.17, 15) is 4.79 Å². The minimum atomic E-state index is 0.216. The summed E-state index contributed by atoms with van der Waals surface area (Å²) in [6, 6.07) is 6.51. The van der Waals surface area contributed by atoms with Gasteiger partial charge < -0.3 is 4.90 Å². The van der Waals surface area contributed by atoms with Gasteiger partial charge in [-0.25, -0.2) is 0 Å². The Kier molecular flexibility index (Phi) is 5.25. The van der Waals surface area contributed by atoms with Gasteiger partial charge in [-0.05, 0) is 88.3 Å². The van der Waals surface area contributed by atoms with E-state index in [1.165, 1.54) is 44.9 Å². The van der Waals surface area contributed by atoms with Crippen LogP contribution in [0.3, 0.4) is 0 Å². The molecule has 0 spiro atoms. The summed E-state index contributed by atoms with van der Waals surface area (Å²) < 4.78 is 2.04. The molecule has 0 aliphatic heterocycles. The molecule has 1 aromatic rings. The molecule has 0 saturated heterocycles. The highest BCUT2D eigenvalue weighted by molar-refractivity contribution is 14.1. The van der Waals surface area contributed by atoms with E-state index in [1.807, 2.05) is 18.2 Å². The number of hydrogen-bond acceptors (Lipinski definition) is 1. The zero-order valence-electron chi connectivity index (χ0n) is 12.2. The van der Waals surface area contributed by atoms with Crippen LogP contribution in [0, 0.1) is 9.49 Å². The van der Waals surface area contributed by atoms with Gasteiger partial charge >= 0.3 is 0 Å². The fourth-order valence-electron chi connectivity index (χ4n) is 3.25. The maximum Gasteiger partial charge on any atom is 0.255 e. The smallest absolute Gasteiger partial charge is 0.255 e. The molecule has 0 radical (unpaired) electrons. The van der Waals surface area contributed by atoms with Crippen LogP contribution in [0.5, 0.6) is 0 Å². The van der Waals surface area contributed by atoms with Crippen molar-refractivity contribution in [3.05, 3.63) is 31.8 Å². The van der Waals surface area contributed by atoms with Crippen molar-refractivity contribution in [1.29, 1.82) is 0 Å². The summed E-state index contributed by atoms with van der Waals surface area (Å²) in [6.07, 6.45) is 9.00. The van der Waals surface area contributed by atoms with Crippen LogP contribution in [0.4, 0.5) is 0 Å². The summed E-state index contributed by atoms with van der Waals surface area (Å²) in [7, 11) is 0. The van der Waals surface area contributed by atoms with E-state index in [-0.39, 0.29) is 5.91 Å². The van der Waals surface area contributed by atoms with E-state index in [2.05, 4.69) is 43.4 Å². The molecule has 2 saturated carbocycles. The van der Waals surface area contributed by atoms with Crippen LogP contribution in [-0.2, 0) is 0 Å². The zero-order chi connectivity index (χ0) is 14.8. The number of carbonyl (C=O) groups excluding carboxylic acids is 1. The van der Waals surface area contributed by atoms with Crippen molar-refractivity contribution in [1.82, 2.24) is 4.90 Å². The molecule has 0 atom stereocenters. The van der Waals surface area contributed by atoms with Crippen molar-refractivity contribution in [2.75, 3.05) is 6.54 Å². The molecule has 0 aromatic heterocycles. The predicted molar refractivity (Wildman–Crippen MR) is 97.5 cm³/mol. The standard InChI is InChI=1S/C17H21BrINO/c18-16-9-6-13(19)10-15(16)17(21)20(14-7-8-14)11-12-4-2-1-3-5-12/h6,9-10,12,14H,1-5,7-8,11H2. The lowest BCUT2D eigenvalue weighted by Crippen LogP contribution is -2.38. The lowest BCUT2D eigenvalue weighted by Gasteiger charge is -2.30. The second kappa shape index (κ2) is 6.99. The predicted octanol–water partition coefficient (Wildman–Crippen LogP) is 5.24. The number of carbonyl (C=O) groups is 1. The van der Waals surface area contributed by atoms with Gasteiger partial charge in [-0.3, -0.25) is 4.79 Å². The molecular weight excluding hydrogens is 441 g/mol. The fourth-order valence-corrected chi connectivity index (χ4v) is 4.16. The Balaban J connectivity index is 1.76. The van der Waals surface area contributed by atoms with Crippen molar-refractivity contribution in [3.8, 4) is 0 Å². The maximum absolute atomic E-state index is 13.0. The van der Waals surface area contributed by atoms with Crippen LogP contribution < -0.4 is 0 Å². The number of rotatable bonds is 4. The second-order valence-corrected chi connectivity index (χ2v) is 8.42. The molecule has 0 unspecified atom stereocenters. The van der Waals surface area contributed by atoms with Crippen LogP contribution in [-0.4, -0.2) is 23.4 Å². The Bertz CT molecular complexity index is 524. The van der Waals surface area contributed by atoms with Crippen LogP contribution in [0.2, 0.25) is 0 Å². The molecule has 4 heteroatoms. The quantitative estimate of drug-likeness (QED) is 0.561. The normalized spacial score (nSPS) is 19.5. The third-order valence-corrected chi connectivity index (χ3v) is 5.95. The zero-order valence-corrected chi connectivity index (χ0v) is 15.9. The highest BCUT2D eigenvalue weighted by Gasteiger charge is 2.35. The first-order valence-electron chi connectivity index (χ1n) is 7.91. The largest absolute Gasteiger partial charge is 0.335 e. The van der Waals surface area contributed by atoms with Crippen molar-refractivity contribution < 1.29 is 4.79 Å². The van der Waals surface area contributed by atoms with Gasteiger partial charge in [-0.15, -0.1) is 0 Å². The van der Waals surface area contributed by atoms with Crippen LogP contribution in [0.25, 0.3) is 0 Å². The SMILES string of the molecule is O=C(c1cc(I)ccc1Br)N(CC1CCCCC1)C1CC1. The minimum Gasteiger partial charge on any atom is -0.335 e. The van der Waals surface area contributed by atoms with E-state index in [1.54, 1.807) is 0 Å². The molecule has 2 fully saturated rings. The van der Waals surface area contributed by atoms with Gasteiger partial charge in [0.2, 0.25) is 0 Å². The summed E-state index contributed by atoms with van der Waals surface area (Å²) in [4.78, 5) is 15.1. The fraction of sp³-hybridized carbons (Fsp3) is 0.588. The van der Waals surface area contributed by atoms with E-state index in [0.717, 1.165) is 20.2 Å². The van der Waals surface area contributed by atoms with Gasteiger partial charge in [0, 0.05) is 20.6 Å². The molecule has 0 heterocycles. The molecule has 114 valence electrons. The minimum absolute atomic E-state index is 0.216.